The standard InChI is InChI=1S/C23H29N3O5S/c1-16-5-4-6-22(17(16)2)31-15-23(28)25-20-11-13-26(14-12-20)32(29,30)21-9-7-19(8-10-21)24-18(3)27/h4-10,20H,11-15H2,1-3H3,(H,24,27)(H,25,28). The third-order valence-corrected chi connectivity index (χ3v) is 7.46. The summed E-state index contributed by atoms with van der Waals surface area (Å²) in [6.07, 6.45) is 1.05. The van der Waals surface area contributed by atoms with Gasteiger partial charge in [0, 0.05) is 31.7 Å². The summed E-state index contributed by atoms with van der Waals surface area (Å²) in [4.78, 5) is 23.6. The summed E-state index contributed by atoms with van der Waals surface area (Å²) in [7, 11) is -3.63. The Kier molecular flexibility index (Phi) is 7.52. The normalized spacial score (nSPS) is 15.2. The molecule has 1 fully saturated rings. The Hall–Kier alpha value is -2.91. The minimum Gasteiger partial charge on any atom is -0.483 e. The molecule has 0 bridgehead atoms. The van der Waals surface area contributed by atoms with E-state index in [1.54, 1.807) is 12.1 Å². The number of anilines is 1. The van der Waals surface area contributed by atoms with Gasteiger partial charge in [-0.2, -0.15) is 4.31 Å². The third kappa shape index (κ3) is 5.86. The highest BCUT2D eigenvalue weighted by Crippen LogP contribution is 2.23. The van der Waals surface area contributed by atoms with Crippen LogP contribution in [0.5, 0.6) is 5.75 Å². The molecule has 172 valence electrons. The molecule has 9 heteroatoms. The Morgan fingerprint density at radius 3 is 2.34 bits per heavy atom. The minimum absolute atomic E-state index is 0.0799. The number of carbonyl (C=O) groups excluding carboxylic acids is 2. The zero-order chi connectivity index (χ0) is 23.3. The number of nitrogens with one attached hydrogen (secondary N) is 2. The second-order valence-electron chi connectivity index (χ2n) is 7.94. The van der Waals surface area contributed by atoms with E-state index in [2.05, 4.69) is 10.6 Å². The van der Waals surface area contributed by atoms with Gasteiger partial charge in [-0.1, -0.05) is 12.1 Å². The van der Waals surface area contributed by atoms with Crippen LogP contribution in [0.3, 0.4) is 0 Å². The van der Waals surface area contributed by atoms with Crippen LogP contribution in [-0.4, -0.2) is 50.3 Å². The van der Waals surface area contributed by atoms with Crippen molar-refractivity contribution in [1.82, 2.24) is 9.62 Å². The number of rotatable bonds is 7. The number of sulfonamides is 1. The molecule has 2 N–H and O–H groups in total. The predicted molar refractivity (Wildman–Crippen MR) is 122 cm³/mol. The Balaban J connectivity index is 1.50. The van der Waals surface area contributed by atoms with Crippen LogP contribution in [0.1, 0.15) is 30.9 Å². The van der Waals surface area contributed by atoms with E-state index in [9.17, 15) is 18.0 Å². The largest absolute Gasteiger partial charge is 0.483 e. The van der Waals surface area contributed by atoms with Crippen LogP contribution in [0.15, 0.2) is 47.4 Å². The summed E-state index contributed by atoms with van der Waals surface area (Å²) in [5.41, 5.74) is 2.64. The predicted octanol–water partition coefficient (Wildman–Crippen LogP) is 2.61. The zero-order valence-electron chi connectivity index (χ0n) is 18.6. The highest BCUT2D eigenvalue weighted by atomic mass is 32.2. The van der Waals surface area contributed by atoms with Gasteiger partial charge in [-0.05, 0) is 68.1 Å². The molecule has 1 aliphatic heterocycles. The van der Waals surface area contributed by atoms with Gasteiger partial charge in [0.15, 0.2) is 6.61 Å². The molecule has 8 nitrogen and oxygen atoms in total. The maximum Gasteiger partial charge on any atom is 0.258 e. The first-order chi connectivity index (χ1) is 15.2. The molecular formula is C23H29N3O5S. The summed E-state index contributed by atoms with van der Waals surface area (Å²) in [5.74, 6) is 0.246. The van der Waals surface area contributed by atoms with Crippen molar-refractivity contribution in [3.8, 4) is 5.75 Å². The molecule has 2 aromatic carbocycles. The van der Waals surface area contributed by atoms with Crippen molar-refractivity contribution in [3.63, 3.8) is 0 Å². The molecule has 1 heterocycles. The van der Waals surface area contributed by atoms with Gasteiger partial charge in [0.1, 0.15) is 5.75 Å². The molecule has 3 rings (SSSR count). The van der Waals surface area contributed by atoms with Crippen LogP contribution in [0.2, 0.25) is 0 Å². The molecule has 2 aromatic rings. The average molecular weight is 460 g/mol. The summed E-state index contributed by atoms with van der Waals surface area (Å²) in [5, 5.41) is 5.55. The number of hydrogen-bond donors (Lipinski definition) is 2. The molecule has 1 saturated heterocycles. The minimum atomic E-state index is -3.63. The van der Waals surface area contributed by atoms with Crippen LogP contribution >= 0.6 is 0 Å². The Morgan fingerprint density at radius 1 is 1.06 bits per heavy atom. The van der Waals surface area contributed by atoms with Gasteiger partial charge in [0.25, 0.3) is 5.91 Å². The second kappa shape index (κ2) is 10.1. The number of carbonyl (C=O) groups is 2. The lowest BCUT2D eigenvalue weighted by atomic mass is 10.1. The molecule has 1 aliphatic rings. The van der Waals surface area contributed by atoms with Gasteiger partial charge in [-0.15, -0.1) is 0 Å². The van der Waals surface area contributed by atoms with Crippen LogP contribution in [0.4, 0.5) is 5.69 Å². The van der Waals surface area contributed by atoms with Crippen LogP contribution < -0.4 is 15.4 Å². The number of benzene rings is 2. The first-order valence-corrected chi connectivity index (χ1v) is 12.0. The topological polar surface area (TPSA) is 105 Å². The van der Waals surface area contributed by atoms with Crippen molar-refractivity contribution >= 4 is 27.5 Å². The summed E-state index contributed by atoms with van der Waals surface area (Å²) < 4.78 is 32.9. The molecule has 2 amide bonds. The fourth-order valence-corrected chi connectivity index (χ4v) is 5.07. The van der Waals surface area contributed by atoms with E-state index >= 15 is 0 Å². The van der Waals surface area contributed by atoms with E-state index in [1.807, 2.05) is 32.0 Å². The Morgan fingerprint density at radius 2 is 1.72 bits per heavy atom. The lowest BCUT2D eigenvalue weighted by molar-refractivity contribution is -0.124. The smallest absolute Gasteiger partial charge is 0.258 e. The molecular weight excluding hydrogens is 430 g/mol. The van der Waals surface area contributed by atoms with Crippen molar-refractivity contribution < 1.29 is 22.7 Å². The summed E-state index contributed by atoms with van der Waals surface area (Å²) in [6, 6.07) is 11.7. The van der Waals surface area contributed by atoms with Crippen molar-refractivity contribution in [2.45, 2.75) is 44.6 Å². The van der Waals surface area contributed by atoms with Gasteiger partial charge in [0.05, 0.1) is 4.90 Å². The number of ether oxygens (including phenoxy) is 1. The third-order valence-electron chi connectivity index (χ3n) is 5.55. The second-order valence-corrected chi connectivity index (χ2v) is 9.88. The monoisotopic (exact) mass is 459 g/mol. The van der Waals surface area contributed by atoms with Gasteiger partial charge < -0.3 is 15.4 Å². The van der Waals surface area contributed by atoms with E-state index < -0.39 is 10.0 Å². The van der Waals surface area contributed by atoms with Crippen molar-refractivity contribution in [3.05, 3.63) is 53.6 Å². The van der Waals surface area contributed by atoms with E-state index in [-0.39, 0.29) is 29.4 Å². The highest BCUT2D eigenvalue weighted by molar-refractivity contribution is 7.89. The number of hydrogen-bond acceptors (Lipinski definition) is 5. The van der Waals surface area contributed by atoms with E-state index in [1.165, 1.54) is 23.4 Å². The zero-order valence-corrected chi connectivity index (χ0v) is 19.4. The van der Waals surface area contributed by atoms with E-state index in [4.69, 9.17) is 4.74 Å². The molecule has 0 spiro atoms. The lowest BCUT2D eigenvalue weighted by Gasteiger charge is -2.31. The SMILES string of the molecule is CC(=O)Nc1ccc(S(=O)(=O)N2CCC(NC(=O)COc3cccc(C)c3C)CC2)cc1. The van der Waals surface area contributed by atoms with Crippen molar-refractivity contribution in [2.24, 2.45) is 0 Å². The van der Waals surface area contributed by atoms with E-state index in [0.717, 1.165) is 11.1 Å². The highest BCUT2D eigenvalue weighted by Gasteiger charge is 2.30. The molecule has 0 radical (unpaired) electrons. The molecule has 0 unspecified atom stereocenters. The van der Waals surface area contributed by atoms with Gasteiger partial charge >= 0.3 is 0 Å². The number of nitrogens with zero attached hydrogens (tertiary/aromatic N) is 1. The summed E-state index contributed by atoms with van der Waals surface area (Å²) in [6.45, 7) is 5.89. The van der Waals surface area contributed by atoms with Gasteiger partial charge in [0.2, 0.25) is 15.9 Å². The Labute approximate surface area is 189 Å². The van der Waals surface area contributed by atoms with Crippen molar-refractivity contribution in [1.29, 1.82) is 0 Å². The Bertz CT molecular complexity index is 1080. The lowest BCUT2D eigenvalue weighted by Crippen LogP contribution is -2.47. The quantitative estimate of drug-likeness (QED) is 0.662. The summed E-state index contributed by atoms with van der Waals surface area (Å²) >= 11 is 0. The molecule has 0 saturated carbocycles. The van der Waals surface area contributed by atoms with Crippen molar-refractivity contribution in [2.75, 3.05) is 25.0 Å². The molecule has 0 aromatic heterocycles. The maximum atomic E-state index is 12.9. The number of amides is 2. The first kappa shape index (κ1) is 23.7. The molecule has 0 aliphatic carbocycles. The van der Waals surface area contributed by atoms with Gasteiger partial charge in [-0.25, -0.2) is 8.42 Å². The maximum absolute atomic E-state index is 12.9. The average Bonchev–Trinajstić information content (AvgIpc) is 2.75. The number of piperidine rings is 1. The fraction of sp³-hybridized carbons (Fsp3) is 0.391. The van der Waals surface area contributed by atoms with Crippen LogP contribution in [0, 0.1) is 13.8 Å². The fourth-order valence-electron chi connectivity index (χ4n) is 3.60. The van der Waals surface area contributed by atoms with Crippen LogP contribution in [-0.2, 0) is 19.6 Å². The van der Waals surface area contributed by atoms with E-state index in [0.29, 0.717) is 37.4 Å². The molecule has 32 heavy (non-hydrogen) atoms. The number of aryl methyl sites for hydroxylation is 1. The van der Waals surface area contributed by atoms with Crippen LogP contribution in [0.25, 0.3) is 0 Å². The molecule has 0 atom stereocenters. The first-order valence-electron chi connectivity index (χ1n) is 10.5. The van der Waals surface area contributed by atoms with Gasteiger partial charge in [-0.3, -0.25) is 9.59 Å².